The van der Waals surface area contributed by atoms with Crippen LogP contribution in [0.3, 0.4) is 0 Å². The van der Waals surface area contributed by atoms with Crippen molar-refractivity contribution in [3.8, 4) is 11.5 Å². The molecule has 0 saturated carbocycles. The smallest absolute Gasteiger partial charge is 0.333 e. The van der Waals surface area contributed by atoms with E-state index in [0.29, 0.717) is 17.1 Å². The molecule has 0 bridgehead atoms. The fourth-order valence-corrected chi connectivity index (χ4v) is 10.2. The number of anilines is 1. The number of benzene rings is 3. The maximum absolute atomic E-state index is 13.3. The summed E-state index contributed by atoms with van der Waals surface area (Å²) in [5.74, 6) is 0.728. The van der Waals surface area contributed by atoms with Gasteiger partial charge in [0.25, 0.3) is 0 Å². The second kappa shape index (κ2) is 12.3. The molecular formula is C37H39N3O8S2. The number of esters is 1. The number of carbonyl (C=O) groups is 1. The predicted octanol–water partition coefficient (Wildman–Crippen LogP) is 2.42. The molecule has 0 amide bonds. The number of carbonyl (C=O) groups excluding carboxylic acids is 1. The topological polar surface area (TPSA) is 145 Å². The minimum absolute atomic E-state index is 0.145. The van der Waals surface area contributed by atoms with E-state index in [2.05, 4.69) is 32.9 Å². The summed E-state index contributed by atoms with van der Waals surface area (Å²) in [6, 6.07) is 7.89. The van der Waals surface area contributed by atoms with E-state index in [9.17, 15) is 26.2 Å². The van der Waals surface area contributed by atoms with Crippen molar-refractivity contribution in [1.82, 2.24) is 9.30 Å². The summed E-state index contributed by atoms with van der Waals surface area (Å²) >= 11 is 0. The van der Waals surface area contributed by atoms with E-state index in [-0.39, 0.29) is 29.2 Å². The lowest BCUT2D eigenvalue weighted by atomic mass is 9.82. The molecule has 0 saturated heterocycles. The molecule has 0 unspecified atom stereocenters. The highest BCUT2D eigenvalue weighted by Crippen LogP contribution is 2.49. The molecule has 0 atom stereocenters. The highest BCUT2D eigenvalue weighted by Gasteiger charge is 2.36. The van der Waals surface area contributed by atoms with Crippen molar-refractivity contribution in [2.75, 3.05) is 44.2 Å². The van der Waals surface area contributed by atoms with E-state index >= 15 is 0 Å². The monoisotopic (exact) mass is 717 g/mol. The lowest BCUT2D eigenvalue weighted by Crippen LogP contribution is -2.45. The van der Waals surface area contributed by atoms with Gasteiger partial charge in [0.15, 0.2) is 0 Å². The number of aryl methyl sites for hydroxylation is 2. The molecule has 13 heteroatoms. The molecule has 11 nitrogen and oxygen atoms in total. The Balaban J connectivity index is 1.35. The van der Waals surface area contributed by atoms with Crippen molar-refractivity contribution < 1.29 is 35.7 Å². The van der Waals surface area contributed by atoms with Gasteiger partial charge in [-0.3, -0.25) is 0 Å². The van der Waals surface area contributed by atoms with Crippen LogP contribution in [0.1, 0.15) is 66.0 Å². The number of ether oxygens (including phenoxy) is 2. The molecule has 50 heavy (non-hydrogen) atoms. The second-order valence-electron chi connectivity index (χ2n) is 13.8. The summed E-state index contributed by atoms with van der Waals surface area (Å²) in [6.07, 6.45) is 7.29. The van der Waals surface area contributed by atoms with Gasteiger partial charge in [-0.25, -0.2) is 30.9 Å². The maximum Gasteiger partial charge on any atom is 0.333 e. The van der Waals surface area contributed by atoms with Gasteiger partial charge in [0.2, 0.25) is 15.4 Å². The van der Waals surface area contributed by atoms with Gasteiger partial charge < -0.3 is 18.9 Å². The van der Waals surface area contributed by atoms with Crippen LogP contribution in [0.5, 0.6) is 11.5 Å². The SMILES string of the molecule is C=C(C)C(=O)OCCNS(=O)(=O)c1ccc(C2=c3cc4c5c(c3Oc3c2cc2c6c3CCCN6CCC2)CCC[N+]=5CCC4)c(S(=O)(=O)[O-])c1. The van der Waals surface area contributed by atoms with Crippen molar-refractivity contribution in [2.24, 2.45) is 0 Å². The summed E-state index contributed by atoms with van der Waals surface area (Å²) in [5, 5.41) is 1.93. The van der Waals surface area contributed by atoms with Crippen LogP contribution in [-0.4, -0.2) is 66.7 Å². The summed E-state index contributed by atoms with van der Waals surface area (Å²) in [4.78, 5) is 13.1. The number of fused-ring (bicyclic) bond motifs is 4. The zero-order valence-corrected chi connectivity index (χ0v) is 29.6. The first-order valence-corrected chi connectivity index (χ1v) is 20.2. The van der Waals surface area contributed by atoms with Gasteiger partial charge in [0.05, 0.1) is 15.4 Å². The third-order valence-corrected chi connectivity index (χ3v) is 12.8. The first-order chi connectivity index (χ1) is 23.9. The lowest BCUT2D eigenvalue weighted by molar-refractivity contribution is -0.138. The van der Waals surface area contributed by atoms with Crippen molar-refractivity contribution in [1.29, 1.82) is 0 Å². The number of sulfonamides is 1. The van der Waals surface area contributed by atoms with Crippen molar-refractivity contribution >= 4 is 37.4 Å². The minimum Gasteiger partial charge on any atom is -0.744 e. The molecule has 0 spiro atoms. The number of hydrogen-bond acceptors (Lipinski definition) is 9. The average molecular weight is 718 g/mol. The highest BCUT2D eigenvalue weighted by molar-refractivity contribution is 7.89. The van der Waals surface area contributed by atoms with Crippen LogP contribution in [0, 0.1) is 0 Å². The van der Waals surface area contributed by atoms with Gasteiger partial charge in [-0.1, -0.05) is 12.6 Å². The first kappa shape index (κ1) is 33.1. The Morgan fingerprint density at radius 3 is 2.42 bits per heavy atom. The summed E-state index contributed by atoms with van der Waals surface area (Å²) in [7, 11) is -9.46. The third-order valence-electron chi connectivity index (χ3n) is 10.5. The Morgan fingerprint density at radius 1 is 0.940 bits per heavy atom. The minimum atomic E-state index is -5.18. The Kier molecular flexibility index (Phi) is 8.17. The molecule has 8 rings (SSSR count). The van der Waals surface area contributed by atoms with Gasteiger partial charge in [-0.15, -0.1) is 0 Å². The molecule has 0 radical (unpaired) electrons. The number of hydrogen-bond donors (Lipinski definition) is 1. The molecule has 5 heterocycles. The van der Waals surface area contributed by atoms with Gasteiger partial charge >= 0.3 is 5.97 Å². The number of nitrogens with one attached hydrogen (secondary N) is 1. The fraction of sp³-hybridized carbons (Fsp3) is 0.405. The number of rotatable bonds is 8. The van der Waals surface area contributed by atoms with Crippen LogP contribution in [0.25, 0.3) is 5.57 Å². The van der Waals surface area contributed by atoms with Crippen LogP contribution in [0.15, 0.2) is 52.3 Å². The third kappa shape index (κ3) is 5.55. The van der Waals surface area contributed by atoms with Gasteiger partial charge in [-0.05, 0) is 75.3 Å². The quantitative estimate of drug-likeness (QED) is 0.0956. The first-order valence-electron chi connectivity index (χ1n) is 17.3. The average Bonchev–Trinajstić information content (AvgIpc) is 3.09. The van der Waals surface area contributed by atoms with E-state index < -0.39 is 31.0 Å². The second-order valence-corrected chi connectivity index (χ2v) is 16.9. The highest BCUT2D eigenvalue weighted by atomic mass is 32.2. The molecule has 0 aromatic heterocycles. The molecule has 1 N–H and O–H groups in total. The Labute approximate surface area is 291 Å². The van der Waals surface area contributed by atoms with Crippen LogP contribution < -0.4 is 29.5 Å². The fourth-order valence-electron chi connectivity index (χ4n) is 8.41. The zero-order chi connectivity index (χ0) is 34.9. The Bertz CT molecular complexity index is 2360. The molecule has 5 aliphatic rings. The molecule has 262 valence electrons. The Hall–Kier alpha value is -4.04. The summed E-state index contributed by atoms with van der Waals surface area (Å²) in [5.41, 5.74) is 7.36. The normalized spacial score (nSPS) is 17.6. The van der Waals surface area contributed by atoms with Crippen LogP contribution >= 0.6 is 0 Å². The molecule has 5 aliphatic heterocycles. The van der Waals surface area contributed by atoms with E-state index in [0.717, 1.165) is 106 Å². The van der Waals surface area contributed by atoms with Gasteiger partial charge in [0, 0.05) is 76.8 Å². The van der Waals surface area contributed by atoms with Gasteiger partial charge in [0.1, 0.15) is 41.3 Å². The van der Waals surface area contributed by atoms with E-state index in [1.165, 1.54) is 41.2 Å². The molecular weight excluding hydrogens is 679 g/mol. The van der Waals surface area contributed by atoms with Crippen LogP contribution in [0.2, 0.25) is 0 Å². The van der Waals surface area contributed by atoms with Crippen LogP contribution in [0.4, 0.5) is 5.69 Å². The zero-order valence-electron chi connectivity index (χ0n) is 28.0. The number of nitrogens with zero attached hydrogens (tertiary/aromatic N) is 2. The molecule has 0 aliphatic carbocycles. The molecule has 3 aromatic carbocycles. The summed E-state index contributed by atoms with van der Waals surface area (Å²) < 4.78 is 82.8. The van der Waals surface area contributed by atoms with Crippen molar-refractivity contribution in [3.05, 3.63) is 86.4 Å². The molecule has 0 fully saturated rings. The maximum atomic E-state index is 13.3. The lowest BCUT2D eigenvalue weighted by Gasteiger charge is -2.39. The Morgan fingerprint density at radius 2 is 1.66 bits per heavy atom. The van der Waals surface area contributed by atoms with Gasteiger partial charge in [-0.2, -0.15) is 0 Å². The largest absolute Gasteiger partial charge is 0.744 e. The van der Waals surface area contributed by atoms with E-state index in [1.807, 2.05) is 0 Å². The van der Waals surface area contributed by atoms with E-state index in [4.69, 9.17) is 9.47 Å². The standard InChI is InChI=1S/C37H39N3O8S2/c1-22(2)37(41)47-18-13-38-49(42,43)25-11-12-26(31(21-25)50(44,45)46)32-29-19-23-7-3-14-39-16-5-9-27(33(23)39)35(29)48-36-28-10-6-17-40-15-4-8-24(34(28)40)20-30(32)36/h11-12,19-21,38H,1,3-10,13-18H2,2H3. The molecule has 3 aromatic rings. The van der Waals surface area contributed by atoms with Crippen molar-refractivity contribution in [2.45, 2.75) is 68.1 Å². The predicted molar refractivity (Wildman–Crippen MR) is 186 cm³/mol. The van der Waals surface area contributed by atoms with Crippen LogP contribution in [-0.2, 0) is 55.4 Å². The summed E-state index contributed by atoms with van der Waals surface area (Å²) in [6.45, 7) is 8.35. The van der Waals surface area contributed by atoms with E-state index in [1.54, 1.807) is 0 Å². The van der Waals surface area contributed by atoms with Crippen molar-refractivity contribution in [3.63, 3.8) is 0 Å².